The van der Waals surface area contributed by atoms with E-state index in [2.05, 4.69) is 47.5 Å². The van der Waals surface area contributed by atoms with E-state index in [0.717, 1.165) is 38.3 Å². The largest absolute Gasteiger partial charge is 0.496 e. The molecule has 118 valence electrons. The summed E-state index contributed by atoms with van der Waals surface area (Å²) in [5.41, 5.74) is 1.27. The van der Waals surface area contributed by atoms with Crippen LogP contribution in [0.4, 0.5) is 0 Å². The van der Waals surface area contributed by atoms with Crippen molar-refractivity contribution in [3.05, 3.63) is 51.7 Å². The van der Waals surface area contributed by atoms with Crippen LogP contribution in [0.1, 0.15) is 28.3 Å². The molecule has 0 amide bonds. The van der Waals surface area contributed by atoms with Crippen LogP contribution >= 0.6 is 11.3 Å². The Balaban J connectivity index is 2.01. The molecule has 3 nitrogen and oxygen atoms in total. The fraction of sp³-hybridized carbons (Fsp3) is 0.444. The number of nitrogens with one attached hydrogen (secondary N) is 1. The first kappa shape index (κ1) is 15.5. The van der Waals surface area contributed by atoms with Gasteiger partial charge in [0.2, 0.25) is 0 Å². The summed E-state index contributed by atoms with van der Waals surface area (Å²) in [5, 5.41) is 3.45. The number of aryl methyl sites for hydroxylation is 1. The molecule has 3 rings (SSSR count). The Morgan fingerprint density at radius 1 is 1.18 bits per heavy atom. The third-order valence-electron chi connectivity index (χ3n) is 4.25. The zero-order chi connectivity index (χ0) is 15.4. The van der Waals surface area contributed by atoms with E-state index in [-0.39, 0.29) is 0 Å². The number of ether oxygens (including phenoxy) is 1. The number of para-hydroxylation sites is 1. The molecular weight excluding hydrogens is 292 g/mol. The van der Waals surface area contributed by atoms with Gasteiger partial charge in [-0.15, -0.1) is 11.3 Å². The summed E-state index contributed by atoms with van der Waals surface area (Å²) < 4.78 is 5.63. The fourth-order valence-corrected chi connectivity index (χ4v) is 4.20. The lowest BCUT2D eigenvalue weighted by atomic mass is 10.0. The minimum Gasteiger partial charge on any atom is -0.496 e. The second-order valence-corrected chi connectivity index (χ2v) is 6.79. The zero-order valence-corrected chi connectivity index (χ0v) is 14.2. The van der Waals surface area contributed by atoms with Gasteiger partial charge in [-0.1, -0.05) is 25.1 Å². The number of nitrogens with zero attached hydrogens (tertiary/aromatic N) is 1. The van der Waals surface area contributed by atoms with Gasteiger partial charge in [0, 0.05) is 41.5 Å². The van der Waals surface area contributed by atoms with Crippen molar-refractivity contribution in [2.75, 3.05) is 33.3 Å². The molecule has 0 aliphatic carbocycles. The van der Waals surface area contributed by atoms with Crippen molar-refractivity contribution < 1.29 is 4.74 Å². The van der Waals surface area contributed by atoms with Gasteiger partial charge in [0.05, 0.1) is 13.2 Å². The second kappa shape index (κ2) is 7.27. The van der Waals surface area contributed by atoms with Gasteiger partial charge in [0.1, 0.15) is 5.75 Å². The first-order valence-electron chi connectivity index (χ1n) is 7.99. The lowest BCUT2D eigenvalue weighted by molar-refractivity contribution is 0.197. The fourth-order valence-electron chi connectivity index (χ4n) is 3.09. The van der Waals surface area contributed by atoms with Crippen LogP contribution in [0, 0.1) is 0 Å². The number of rotatable bonds is 5. The maximum Gasteiger partial charge on any atom is 0.124 e. The van der Waals surface area contributed by atoms with Crippen LogP contribution in [0.25, 0.3) is 0 Å². The van der Waals surface area contributed by atoms with E-state index in [1.165, 1.54) is 15.3 Å². The highest BCUT2D eigenvalue weighted by molar-refractivity contribution is 7.12. The van der Waals surface area contributed by atoms with Gasteiger partial charge in [0.15, 0.2) is 0 Å². The van der Waals surface area contributed by atoms with E-state index in [9.17, 15) is 0 Å². The maximum atomic E-state index is 5.63. The summed E-state index contributed by atoms with van der Waals surface area (Å²) >= 11 is 1.93. The highest BCUT2D eigenvalue weighted by Crippen LogP contribution is 2.38. The Hall–Kier alpha value is -1.36. The average Bonchev–Trinajstić information content (AvgIpc) is 3.05. The van der Waals surface area contributed by atoms with Crippen LogP contribution in [-0.2, 0) is 6.42 Å². The number of benzene rings is 1. The molecule has 0 saturated carbocycles. The highest BCUT2D eigenvalue weighted by atomic mass is 32.1. The minimum absolute atomic E-state index is 0.295. The van der Waals surface area contributed by atoms with Gasteiger partial charge in [-0.3, -0.25) is 4.90 Å². The molecule has 0 bridgehead atoms. The molecule has 1 atom stereocenters. The van der Waals surface area contributed by atoms with Crippen molar-refractivity contribution in [2.24, 2.45) is 0 Å². The van der Waals surface area contributed by atoms with E-state index >= 15 is 0 Å². The standard InChI is InChI=1S/C18H24N2OS/c1-3-14-8-9-17(22-14)18(20-12-10-19-11-13-20)15-6-4-5-7-16(15)21-2/h4-9,18-19H,3,10-13H2,1-2H3. The quantitative estimate of drug-likeness (QED) is 0.916. The maximum absolute atomic E-state index is 5.63. The van der Waals surface area contributed by atoms with Gasteiger partial charge < -0.3 is 10.1 Å². The third-order valence-corrected chi connectivity index (χ3v) is 5.53. The Bertz CT molecular complexity index is 605. The van der Waals surface area contributed by atoms with Crippen molar-refractivity contribution in [1.82, 2.24) is 10.2 Å². The van der Waals surface area contributed by atoms with Crippen LogP contribution in [0.15, 0.2) is 36.4 Å². The predicted octanol–water partition coefficient (Wildman–Crippen LogP) is 3.31. The summed E-state index contributed by atoms with van der Waals surface area (Å²) in [7, 11) is 1.76. The molecule has 1 aromatic heterocycles. The molecule has 1 saturated heterocycles. The number of methoxy groups -OCH3 is 1. The first-order valence-corrected chi connectivity index (χ1v) is 8.81. The van der Waals surface area contributed by atoms with Crippen LogP contribution in [-0.4, -0.2) is 38.2 Å². The van der Waals surface area contributed by atoms with Crippen molar-refractivity contribution in [1.29, 1.82) is 0 Å². The summed E-state index contributed by atoms with van der Waals surface area (Å²) in [4.78, 5) is 5.44. The zero-order valence-electron chi connectivity index (χ0n) is 13.3. The van der Waals surface area contributed by atoms with E-state index in [0.29, 0.717) is 6.04 Å². The molecule has 1 aliphatic rings. The monoisotopic (exact) mass is 316 g/mol. The normalized spacial score (nSPS) is 17.4. The smallest absolute Gasteiger partial charge is 0.124 e. The van der Waals surface area contributed by atoms with E-state index < -0.39 is 0 Å². The molecule has 0 spiro atoms. The molecule has 0 radical (unpaired) electrons. The second-order valence-electron chi connectivity index (χ2n) is 5.59. The molecule has 22 heavy (non-hydrogen) atoms. The van der Waals surface area contributed by atoms with Gasteiger partial charge in [-0.25, -0.2) is 0 Å². The molecule has 1 aromatic carbocycles. The summed E-state index contributed by atoms with van der Waals surface area (Å²) in [6.07, 6.45) is 1.10. The molecular formula is C18H24N2OS. The topological polar surface area (TPSA) is 24.5 Å². The Kier molecular flexibility index (Phi) is 5.13. The van der Waals surface area contributed by atoms with Crippen molar-refractivity contribution >= 4 is 11.3 Å². The number of piperazine rings is 1. The van der Waals surface area contributed by atoms with Crippen LogP contribution in [0.3, 0.4) is 0 Å². The molecule has 2 aromatic rings. The lowest BCUT2D eigenvalue weighted by Crippen LogP contribution is -2.45. The van der Waals surface area contributed by atoms with E-state index in [1.807, 2.05) is 17.4 Å². The van der Waals surface area contributed by atoms with Crippen molar-refractivity contribution in [3.63, 3.8) is 0 Å². The van der Waals surface area contributed by atoms with Crippen LogP contribution in [0.5, 0.6) is 5.75 Å². The molecule has 2 heterocycles. The van der Waals surface area contributed by atoms with E-state index in [4.69, 9.17) is 4.74 Å². The summed E-state index contributed by atoms with van der Waals surface area (Å²) in [5.74, 6) is 0.984. The van der Waals surface area contributed by atoms with Crippen LogP contribution < -0.4 is 10.1 Å². The highest BCUT2D eigenvalue weighted by Gasteiger charge is 2.27. The Morgan fingerprint density at radius 2 is 1.95 bits per heavy atom. The molecule has 1 unspecified atom stereocenters. The van der Waals surface area contributed by atoms with Crippen molar-refractivity contribution in [3.8, 4) is 5.75 Å². The molecule has 4 heteroatoms. The first-order chi connectivity index (χ1) is 10.8. The van der Waals surface area contributed by atoms with Gasteiger partial charge in [-0.2, -0.15) is 0 Å². The third kappa shape index (κ3) is 3.19. The molecule has 1 fully saturated rings. The SMILES string of the molecule is CCc1ccc(C(c2ccccc2OC)N2CCNCC2)s1. The Morgan fingerprint density at radius 3 is 2.64 bits per heavy atom. The van der Waals surface area contributed by atoms with E-state index in [1.54, 1.807) is 7.11 Å². The van der Waals surface area contributed by atoms with Gasteiger partial charge in [0.25, 0.3) is 0 Å². The number of hydrogen-bond acceptors (Lipinski definition) is 4. The minimum atomic E-state index is 0.295. The molecule has 1 aliphatic heterocycles. The number of thiophene rings is 1. The molecule has 1 N–H and O–H groups in total. The Labute approximate surface area is 136 Å². The summed E-state index contributed by atoms with van der Waals surface area (Å²) in [6, 6.07) is 13.3. The van der Waals surface area contributed by atoms with Gasteiger partial charge >= 0.3 is 0 Å². The lowest BCUT2D eigenvalue weighted by Gasteiger charge is -2.35. The summed E-state index contributed by atoms with van der Waals surface area (Å²) in [6.45, 7) is 6.47. The van der Waals surface area contributed by atoms with Crippen LogP contribution in [0.2, 0.25) is 0 Å². The predicted molar refractivity (Wildman–Crippen MR) is 93.0 cm³/mol. The average molecular weight is 316 g/mol. The van der Waals surface area contributed by atoms with Crippen molar-refractivity contribution in [2.45, 2.75) is 19.4 Å². The number of hydrogen-bond donors (Lipinski definition) is 1. The van der Waals surface area contributed by atoms with Gasteiger partial charge in [-0.05, 0) is 24.6 Å².